The molecule has 2 rings (SSSR count). The van der Waals surface area contributed by atoms with Crippen molar-refractivity contribution in [2.75, 3.05) is 0 Å². The zero-order valence-electron chi connectivity index (χ0n) is 9.43. The fourth-order valence-electron chi connectivity index (χ4n) is 2.10. The third kappa shape index (κ3) is 2.99. The summed E-state index contributed by atoms with van der Waals surface area (Å²) in [7, 11) is 0. The average molecular weight is 255 g/mol. The van der Waals surface area contributed by atoms with Crippen molar-refractivity contribution in [3.63, 3.8) is 0 Å². The molecular weight excluding hydrogens is 240 g/mol. The second kappa shape index (κ2) is 5.52. The molecule has 3 nitrogen and oxygen atoms in total. The maximum atomic E-state index is 10.9. The van der Waals surface area contributed by atoms with Crippen molar-refractivity contribution in [2.24, 2.45) is 0 Å². The molecule has 2 unspecified atom stereocenters. The van der Waals surface area contributed by atoms with E-state index < -0.39 is 6.10 Å². The van der Waals surface area contributed by atoms with Gasteiger partial charge in [0.2, 0.25) is 0 Å². The summed E-state index contributed by atoms with van der Waals surface area (Å²) in [5.74, 6) is 0.496. The molecule has 0 heterocycles. The molecule has 4 heteroatoms. The lowest BCUT2D eigenvalue weighted by atomic mass is 9.95. The lowest BCUT2D eigenvalue weighted by Crippen LogP contribution is -2.34. The molecule has 0 radical (unpaired) electrons. The molecule has 1 saturated carbocycles. The second-order valence-electron chi connectivity index (χ2n) is 4.31. The summed E-state index contributed by atoms with van der Waals surface area (Å²) >= 11 is 5.80. The van der Waals surface area contributed by atoms with Crippen LogP contribution in [0.15, 0.2) is 18.2 Å². The summed E-state index contributed by atoms with van der Waals surface area (Å²) in [6.07, 6.45) is 3.71. The van der Waals surface area contributed by atoms with E-state index in [2.05, 4.69) is 0 Å². The molecule has 0 spiro atoms. The van der Waals surface area contributed by atoms with Crippen LogP contribution >= 0.6 is 11.6 Å². The van der Waals surface area contributed by atoms with Crippen LogP contribution in [0.5, 0.6) is 5.75 Å². The number of aldehydes is 1. The van der Waals surface area contributed by atoms with Gasteiger partial charge in [0.15, 0.2) is 6.29 Å². The van der Waals surface area contributed by atoms with Crippen LogP contribution in [0.3, 0.4) is 0 Å². The summed E-state index contributed by atoms with van der Waals surface area (Å²) in [4.78, 5) is 10.9. The smallest absolute Gasteiger partial charge is 0.153 e. The van der Waals surface area contributed by atoms with Gasteiger partial charge in [0, 0.05) is 5.02 Å². The van der Waals surface area contributed by atoms with E-state index in [0.29, 0.717) is 16.3 Å². The van der Waals surface area contributed by atoms with Crippen molar-refractivity contribution in [1.29, 1.82) is 0 Å². The van der Waals surface area contributed by atoms with E-state index in [1.165, 1.54) is 0 Å². The van der Waals surface area contributed by atoms with Gasteiger partial charge in [-0.15, -0.1) is 0 Å². The molecule has 1 aliphatic rings. The van der Waals surface area contributed by atoms with Gasteiger partial charge in [0.05, 0.1) is 11.7 Å². The van der Waals surface area contributed by atoms with Crippen LogP contribution in [-0.4, -0.2) is 23.6 Å². The molecule has 92 valence electrons. The van der Waals surface area contributed by atoms with E-state index in [4.69, 9.17) is 16.3 Å². The highest BCUT2D eigenvalue weighted by molar-refractivity contribution is 6.30. The van der Waals surface area contributed by atoms with Gasteiger partial charge >= 0.3 is 0 Å². The van der Waals surface area contributed by atoms with Crippen molar-refractivity contribution in [3.05, 3.63) is 28.8 Å². The highest BCUT2D eigenvalue weighted by atomic mass is 35.5. The highest BCUT2D eigenvalue weighted by Crippen LogP contribution is 2.27. The van der Waals surface area contributed by atoms with Gasteiger partial charge in [0.1, 0.15) is 11.9 Å². The molecule has 17 heavy (non-hydrogen) atoms. The SMILES string of the molecule is O=Cc1cc(Cl)ccc1OC1CCCCC1O. The molecule has 1 fully saturated rings. The molecule has 0 amide bonds. The van der Waals surface area contributed by atoms with E-state index in [1.807, 2.05) is 0 Å². The first-order chi connectivity index (χ1) is 8.20. The number of aliphatic hydroxyl groups is 1. The van der Waals surface area contributed by atoms with Crippen LogP contribution in [0, 0.1) is 0 Å². The molecule has 1 aromatic rings. The lowest BCUT2D eigenvalue weighted by Gasteiger charge is -2.28. The van der Waals surface area contributed by atoms with Crippen molar-refractivity contribution in [3.8, 4) is 5.75 Å². The van der Waals surface area contributed by atoms with Crippen LogP contribution in [-0.2, 0) is 0 Å². The third-order valence-corrected chi connectivity index (χ3v) is 3.28. The molecule has 2 atom stereocenters. The van der Waals surface area contributed by atoms with Gasteiger partial charge in [-0.05, 0) is 37.5 Å². The van der Waals surface area contributed by atoms with Gasteiger partial charge in [-0.25, -0.2) is 0 Å². The van der Waals surface area contributed by atoms with Crippen LogP contribution < -0.4 is 4.74 Å². The Morgan fingerprint density at radius 2 is 2.12 bits per heavy atom. The predicted molar refractivity (Wildman–Crippen MR) is 65.7 cm³/mol. The fourth-order valence-corrected chi connectivity index (χ4v) is 2.28. The molecular formula is C13H15ClO3. The Morgan fingerprint density at radius 3 is 2.82 bits per heavy atom. The number of hydrogen-bond donors (Lipinski definition) is 1. The normalized spacial score (nSPS) is 24.4. The third-order valence-electron chi connectivity index (χ3n) is 3.04. The summed E-state index contributed by atoms with van der Waals surface area (Å²) < 4.78 is 5.70. The van der Waals surface area contributed by atoms with Crippen LogP contribution in [0.25, 0.3) is 0 Å². The van der Waals surface area contributed by atoms with E-state index in [-0.39, 0.29) is 6.10 Å². The quantitative estimate of drug-likeness (QED) is 0.844. The number of halogens is 1. The first-order valence-electron chi connectivity index (χ1n) is 5.80. The Labute approximate surface area is 105 Å². The Bertz CT molecular complexity index is 406. The van der Waals surface area contributed by atoms with Crippen LogP contribution in [0.2, 0.25) is 5.02 Å². The van der Waals surface area contributed by atoms with E-state index >= 15 is 0 Å². The zero-order valence-corrected chi connectivity index (χ0v) is 10.2. The highest BCUT2D eigenvalue weighted by Gasteiger charge is 2.25. The Balaban J connectivity index is 2.14. The van der Waals surface area contributed by atoms with Gasteiger partial charge < -0.3 is 9.84 Å². The Kier molecular flexibility index (Phi) is 4.02. The van der Waals surface area contributed by atoms with Crippen molar-refractivity contribution in [2.45, 2.75) is 37.9 Å². The molecule has 0 saturated heterocycles. The minimum atomic E-state index is -0.445. The summed E-state index contributed by atoms with van der Waals surface area (Å²) in [6, 6.07) is 4.92. The molecule has 0 bridgehead atoms. The number of carbonyl (C=O) groups excluding carboxylic acids is 1. The summed E-state index contributed by atoms with van der Waals surface area (Å²) in [5.41, 5.74) is 0.426. The minimum absolute atomic E-state index is 0.219. The Hall–Kier alpha value is -1.06. The maximum absolute atomic E-state index is 10.9. The van der Waals surface area contributed by atoms with E-state index in [1.54, 1.807) is 18.2 Å². The van der Waals surface area contributed by atoms with Gasteiger partial charge in [-0.1, -0.05) is 18.0 Å². The summed E-state index contributed by atoms with van der Waals surface area (Å²) in [5, 5.41) is 10.3. The molecule has 1 aromatic carbocycles. The van der Waals surface area contributed by atoms with E-state index in [9.17, 15) is 9.90 Å². The van der Waals surface area contributed by atoms with Crippen LogP contribution in [0.1, 0.15) is 36.0 Å². The average Bonchev–Trinajstić information content (AvgIpc) is 2.34. The number of rotatable bonds is 3. The standard InChI is InChI=1S/C13H15ClO3/c14-10-5-6-12(9(7-10)8-15)17-13-4-2-1-3-11(13)16/h5-8,11,13,16H,1-4H2. The first kappa shape index (κ1) is 12.4. The first-order valence-corrected chi connectivity index (χ1v) is 6.18. The topological polar surface area (TPSA) is 46.5 Å². The summed E-state index contributed by atoms with van der Waals surface area (Å²) in [6.45, 7) is 0. The van der Waals surface area contributed by atoms with Crippen molar-refractivity contribution in [1.82, 2.24) is 0 Å². The predicted octanol–water partition coefficient (Wildman–Crippen LogP) is 2.83. The molecule has 1 N–H and O–H groups in total. The number of ether oxygens (including phenoxy) is 1. The molecule has 1 aliphatic carbocycles. The van der Waals surface area contributed by atoms with Crippen molar-refractivity contribution < 1.29 is 14.6 Å². The fraction of sp³-hybridized carbons (Fsp3) is 0.462. The van der Waals surface area contributed by atoms with Crippen molar-refractivity contribution >= 4 is 17.9 Å². The Morgan fingerprint density at radius 1 is 1.35 bits per heavy atom. The minimum Gasteiger partial charge on any atom is -0.487 e. The molecule has 0 aliphatic heterocycles. The number of hydrogen-bond acceptors (Lipinski definition) is 3. The van der Waals surface area contributed by atoms with Gasteiger partial charge in [-0.3, -0.25) is 4.79 Å². The molecule has 0 aromatic heterocycles. The number of benzene rings is 1. The second-order valence-corrected chi connectivity index (χ2v) is 4.74. The van der Waals surface area contributed by atoms with Gasteiger partial charge in [0.25, 0.3) is 0 Å². The maximum Gasteiger partial charge on any atom is 0.153 e. The van der Waals surface area contributed by atoms with E-state index in [0.717, 1.165) is 32.0 Å². The van der Waals surface area contributed by atoms with Gasteiger partial charge in [-0.2, -0.15) is 0 Å². The number of aliphatic hydroxyl groups excluding tert-OH is 1. The zero-order chi connectivity index (χ0) is 12.3. The number of carbonyl (C=O) groups is 1. The monoisotopic (exact) mass is 254 g/mol. The lowest BCUT2D eigenvalue weighted by molar-refractivity contribution is 0.00658. The van der Waals surface area contributed by atoms with Crippen LogP contribution in [0.4, 0.5) is 0 Å². The largest absolute Gasteiger partial charge is 0.487 e.